The molecule has 0 aliphatic heterocycles. The van der Waals surface area contributed by atoms with Crippen molar-refractivity contribution in [3.8, 4) is 5.75 Å². The van der Waals surface area contributed by atoms with E-state index in [1.54, 1.807) is 6.07 Å². The van der Waals surface area contributed by atoms with E-state index in [0.29, 0.717) is 23.0 Å². The zero-order chi connectivity index (χ0) is 16.7. The lowest BCUT2D eigenvalue weighted by molar-refractivity contribution is 0.305. The molecule has 4 rings (SSSR count). The second-order valence-corrected chi connectivity index (χ2v) is 7.12. The predicted molar refractivity (Wildman–Crippen MR) is 98.0 cm³/mol. The van der Waals surface area contributed by atoms with Crippen LogP contribution in [-0.2, 0) is 19.4 Å². The highest BCUT2D eigenvalue weighted by Gasteiger charge is 2.20. The second-order valence-electron chi connectivity index (χ2n) is 5.86. The lowest BCUT2D eigenvalue weighted by Crippen LogP contribution is -2.07. The molecule has 0 unspecified atom stereocenters. The number of hydrogen-bond donors (Lipinski definition) is 0. The zero-order valence-electron chi connectivity index (χ0n) is 12.8. The third-order valence-electron chi connectivity index (χ3n) is 4.37. The van der Waals surface area contributed by atoms with Crippen LogP contribution in [0.2, 0.25) is 5.02 Å². The quantitative estimate of drug-likeness (QED) is 0.557. The van der Waals surface area contributed by atoms with Crippen molar-refractivity contribution in [2.24, 2.45) is 0 Å². The van der Waals surface area contributed by atoms with Crippen LogP contribution in [0.25, 0.3) is 11.0 Å². The molecule has 0 spiro atoms. The van der Waals surface area contributed by atoms with Crippen LogP contribution in [0.15, 0.2) is 50.1 Å². The van der Waals surface area contributed by atoms with Crippen molar-refractivity contribution in [1.29, 1.82) is 0 Å². The van der Waals surface area contributed by atoms with E-state index in [1.165, 1.54) is 0 Å². The largest absolute Gasteiger partial charge is 0.487 e. The van der Waals surface area contributed by atoms with Gasteiger partial charge in [0.2, 0.25) is 0 Å². The van der Waals surface area contributed by atoms with Crippen molar-refractivity contribution in [1.82, 2.24) is 0 Å². The summed E-state index contributed by atoms with van der Waals surface area (Å²) >= 11 is 9.89. The van der Waals surface area contributed by atoms with Gasteiger partial charge in [-0.15, -0.1) is 0 Å². The summed E-state index contributed by atoms with van der Waals surface area (Å²) in [6, 6.07) is 11.4. The Morgan fingerprint density at radius 1 is 1.17 bits per heavy atom. The van der Waals surface area contributed by atoms with Crippen LogP contribution in [-0.4, -0.2) is 0 Å². The molecule has 5 heteroatoms. The molecule has 0 radical (unpaired) electrons. The van der Waals surface area contributed by atoms with E-state index in [9.17, 15) is 4.79 Å². The Labute approximate surface area is 152 Å². The number of hydrogen-bond acceptors (Lipinski definition) is 3. The summed E-state index contributed by atoms with van der Waals surface area (Å²) in [7, 11) is 0. The van der Waals surface area contributed by atoms with E-state index in [-0.39, 0.29) is 5.63 Å². The lowest BCUT2D eigenvalue weighted by atomic mass is 10.1. The molecule has 122 valence electrons. The number of ether oxygens (including phenoxy) is 1. The highest BCUT2D eigenvalue weighted by atomic mass is 79.9. The number of aryl methyl sites for hydroxylation is 1. The molecule has 1 aromatic heterocycles. The first-order chi connectivity index (χ1) is 11.6. The van der Waals surface area contributed by atoms with Gasteiger partial charge in [0, 0.05) is 27.1 Å². The van der Waals surface area contributed by atoms with Crippen LogP contribution in [0.1, 0.15) is 23.1 Å². The Bertz CT molecular complexity index is 994. The molecule has 0 N–H and O–H groups in total. The summed E-state index contributed by atoms with van der Waals surface area (Å²) in [5.41, 5.74) is 3.17. The van der Waals surface area contributed by atoms with E-state index >= 15 is 0 Å². The molecule has 24 heavy (non-hydrogen) atoms. The molecular formula is C19H14BrClO3. The molecule has 0 atom stereocenters. The SMILES string of the molecule is O=c1oc2cc(OCc3ccccc3Br)c(Cl)cc2c2c1CCC2. The second kappa shape index (κ2) is 6.26. The molecule has 1 aliphatic carbocycles. The van der Waals surface area contributed by atoms with E-state index in [1.807, 2.05) is 30.3 Å². The van der Waals surface area contributed by atoms with Gasteiger partial charge in [0.25, 0.3) is 0 Å². The maximum absolute atomic E-state index is 12.1. The first-order valence-corrected chi connectivity index (χ1v) is 8.95. The highest BCUT2D eigenvalue weighted by molar-refractivity contribution is 9.10. The number of benzene rings is 2. The number of halogens is 2. The molecule has 1 aliphatic rings. The third kappa shape index (κ3) is 2.74. The van der Waals surface area contributed by atoms with Gasteiger partial charge in [-0.2, -0.15) is 0 Å². The molecule has 2 aromatic carbocycles. The average Bonchev–Trinajstić information content (AvgIpc) is 3.06. The summed E-state index contributed by atoms with van der Waals surface area (Å²) in [6.07, 6.45) is 2.66. The summed E-state index contributed by atoms with van der Waals surface area (Å²) in [4.78, 5) is 12.1. The Kier molecular flexibility index (Phi) is 4.10. The first kappa shape index (κ1) is 15.7. The van der Waals surface area contributed by atoms with Gasteiger partial charge in [-0.05, 0) is 37.0 Å². The molecular weight excluding hydrogens is 392 g/mol. The van der Waals surface area contributed by atoms with Crippen molar-refractivity contribution < 1.29 is 9.15 Å². The molecule has 3 nitrogen and oxygen atoms in total. The van der Waals surface area contributed by atoms with Gasteiger partial charge >= 0.3 is 5.63 Å². The van der Waals surface area contributed by atoms with Crippen molar-refractivity contribution in [2.75, 3.05) is 0 Å². The van der Waals surface area contributed by atoms with Crippen LogP contribution >= 0.6 is 27.5 Å². The predicted octanol–water partition coefficient (Wildman–Crippen LogP) is 5.28. The number of fused-ring (bicyclic) bond motifs is 3. The summed E-state index contributed by atoms with van der Waals surface area (Å²) in [6.45, 7) is 0.377. The van der Waals surface area contributed by atoms with Gasteiger partial charge in [-0.3, -0.25) is 0 Å². The van der Waals surface area contributed by atoms with Crippen molar-refractivity contribution in [2.45, 2.75) is 25.9 Å². The Hall–Kier alpha value is -1.78. The maximum atomic E-state index is 12.1. The standard InChI is InChI=1S/C19H14BrClO3/c20-15-7-2-1-4-11(15)10-23-18-9-17-14(8-16(18)21)12-5-3-6-13(12)19(22)24-17/h1-2,4,7-9H,3,5-6,10H2. The van der Waals surface area contributed by atoms with Crippen molar-refractivity contribution in [3.05, 3.63) is 73.0 Å². The van der Waals surface area contributed by atoms with Gasteiger partial charge in [0.1, 0.15) is 17.9 Å². The van der Waals surface area contributed by atoms with E-state index in [4.69, 9.17) is 20.8 Å². The van der Waals surface area contributed by atoms with Gasteiger partial charge in [-0.25, -0.2) is 4.79 Å². The van der Waals surface area contributed by atoms with Gasteiger partial charge in [-0.1, -0.05) is 45.7 Å². The van der Waals surface area contributed by atoms with E-state index < -0.39 is 0 Å². The smallest absolute Gasteiger partial charge is 0.339 e. The Morgan fingerprint density at radius 2 is 1.96 bits per heavy atom. The van der Waals surface area contributed by atoms with Crippen LogP contribution in [0.4, 0.5) is 0 Å². The van der Waals surface area contributed by atoms with Crippen LogP contribution in [0, 0.1) is 0 Å². The topological polar surface area (TPSA) is 39.4 Å². The highest BCUT2D eigenvalue weighted by Crippen LogP contribution is 2.35. The summed E-state index contributed by atoms with van der Waals surface area (Å²) < 4.78 is 12.3. The fourth-order valence-electron chi connectivity index (χ4n) is 3.16. The van der Waals surface area contributed by atoms with Crippen LogP contribution in [0.5, 0.6) is 5.75 Å². The monoisotopic (exact) mass is 404 g/mol. The minimum atomic E-state index is -0.242. The summed E-state index contributed by atoms with van der Waals surface area (Å²) in [5, 5.41) is 1.44. The summed E-state index contributed by atoms with van der Waals surface area (Å²) in [5.74, 6) is 0.515. The molecule has 0 saturated carbocycles. The average molecular weight is 406 g/mol. The molecule has 0 bridgehead atoms. The minimum absolute atomic E-state index is 0.242. The normalized spacial score (nSPS) is 13.2. The van der Waals surface area contributed by atoms with Crippen molar-refractivity contribution >= 4 is 38.5 Å². The lowest BCUT2D eigenvalue weighted by Gasteiger charge is -2.11. The minimum Gasteiger partial charge on any atom is -0.487 e. The van der Waals surface area contributed by atoms with E-state index in [0.717, 1.165) is 45.8 Å². The fourth-order valence-corrected chi connectivity index (χ4v) is 3.78. The van der Waals surface area contributed by atoms with E-state index in [2.05, 4.69) is 15.9 Å². The molecule has 1 heterocycles. The molecule has 0 saturated heterocycles. The van der Waals surface area contributed by atoms with Crippen molar-refractivity contribution in [3.63, 3.8) is 0 Å². The van der Waals surface area contributed by atoms with Gasteiger partial charge in [0.05, 0.1) is 5.02 Å². The zero-order valence-corrected chi connectivity index (χ0v) is 15.1. The van der Waals surface area contributed by atoms with Gasteiger partial charge in [0.15, 0.2) is 0 Å². The Balaban J connectivity index is 1.72. The third-order valence-corrected chi connectivity index (χ3v) is 5.44. The molecule has 3 aromatic rings. The molecule has 0 fully saturated rings. The fraction of sp³-hybridized carbons (Fsp3) is 0.211. The first-order valence-electron chi connectivity index (χ1n) is 7.78. The Morgan fingerprint density at radius 3 is 2.79 bits per heavy atom. The maximum Gasteiger partial charge on any atom is 0.339 e. The molecule has 0 amide bonds. The van der Waals surface area contributed by atoms with Crippen LogP contribution < -0.4 is 10.4 Å². The van der Waals surface area contributed by atoms with Gasteiger partial charge < -0.3 is 9.15 Å². The van der Waals surface area contributed by atoms with Crippen LogP contribution in [0.3, 0.4) is 0 Å². The number of rotatable bonds is 3.